The van der Waals surface area contributed by atoms with Crippen molar-refractivity contribution in [2.24, 2.45) is 5.92 Å². The quantitative estimate of drug-likeness (QED) is 0.616. The molecule has 2 aromatic rings. The summed E-state index contributed by atoms with van der Waals surface area (Å²) < 4.78 is 1.39. The predicted molar refractivity (Wildman–Crippen MR) is 95.1 cm³/mol. The number of aromatic nitrogens is 2. The second kappa shape index (κ2) is 7.92. The summed E-state index contributed by atoms with van der Waals surface area (Å²) in [7, 11) is 0. The van der Waals surface area contributed by atoms with Crippen molar-refractivity contribution in [1.82, 2.24) is 15.1 Å². The van der Waals surface area contributed by atoms with Gasteiger partial charge >= 0.3 is 5.69 Å². The van der Waals surface area contributed by atoms with Gasteiger partial charge in [-0.05, 0) is 31.7 Å². The van der Waals surface area contributed by atoms with Gasteiger partial charge in [-0.15, -0.1) is 0 Å². The van der Waals surface area contributed by atoms with Crippen molar-refractivity contribution in [3.05, 3.63) is 57.4 Å². The third kappa shape index (κ3) is 4.65. The number of carbonyl (C=O) groups is 1. The monoisotopic (exact) mass is 344 g/mol. The normalized spacial score (nSPS) is 12.2. The minimum Gasteiger partial charge on any atom is -0.348 e. The summed E-state index contributed by atoms with van der Waals surface area (Å²) in [6.45, 7) is 7.35. The number of amides is 1. The highest BCUT2D eigenvalue weighted by atomic mass is 16.6. The molecule has 1 atom stereocenters. The van der Waals surface area contributed by atoms with E-state index < -0.39 is 4.92 Å². The highest BCUT2D eigenvalue weighted by Gasteiger charge is 2.23. The van der Waals surface area contributed by atoms with E-state index in [0.29, 0.717) is 17.3 Å². The first-order chi connectivity index (χ1) is 11.8. The zero-order valence-electron chi connectivity index (χ0n) is 15.0. The number of nitrogens with one attached hydrogen (secondary N) is 1. The number of rotatable bonds is 7. The smallest absolute Gasteiger partial charge is 0.312 e. The maximum atomic E-state index is 12.5. The molecule has 0 unspecified atom stereocenters. The summed E-state index contributed by atoms with van der Waals surface area (Å²) in [5.41, 5.74) is 1.72. The molecule has 0 radical (unpaired) electrons. The number of benzene rings is 1. The van der Waals surface area contributed by atoms with Crippen LogP contribution in [0, 0.1) is 29.9 Å². The standard InChI is InChI=1S/C18H24N4O3/c1-12(2)10-16(15-8-6-5-7-9-15)19-17(23)11-21-14(4)18(22(24)25)13(3)20-21/h5-9,12,16H,10-11H2,1-4H3,(H,19,23)/t16-/m0/s1. The maximum absolute atomic E-state index is 12.5. The van der Waals surface area contributed by atoms with Gasteiger partial charge in [0.05, 0.1) is 11.0 Å². The first-order valence-electron chi connectivity index (χ1n) is 8.32. The van der Waals surface area contributed by atoms with Gasteiger partial charge in [0.25, 0.3) is 0 Å². The summed E-state index contributed by atoms with van der Waals surface area (Å²) in [4.78, 5) is 23.1. The van der Waals surface area contributed by atoms with Crippen LogP contribution in [0.3, 0.4) is 0 Å². The molecule has 0 aliphatic rings. The number of nitrogens with zero attached hydrogens (tertiary/aromatic N) is 3. The van der Waals surface area contributed by atoms with Crippen molar-refractivity contribution in [3.63, 3.8) is 0 Å². The van der Waals surface area contributed by atoms with E-state index in [1.54, 1.807) is 13.8 Å². The van der Waals surface area contributed by atoms with Crippen LogP contribution in [0.25, 0.3) is 0 Å². The molecular weight excluding hydrogens is 320 g/mol. The molecule has 7 nitrogen and oxygen atoms in total. The van der Waals surface area contributed by atoms with Crippen LogP contribution in [-0.4, -0.2) is 20.6 Å². The van der Waals surface area contributed by atoms with Crippen LogP contribution in [0.1, 0.15) is 43.3 Å². The van der Waals surface area contributed by atoms with Crippen LogP contribution in [0.15, 0.2) is 30.3 Å². The Labute approximate surface area is 147 Å². The molecular formula is C18H24N4O3. The Morgan fingerprint density at radius 3 is 2.44 bits per heavy atom. The lowest BCUT2D eigenvalue weighted by Crippen LogP contribution is -2.32. The minimum atomic E-state index is -0.461. The van der Waals surface area contributed by atoms with Gasteiger partial charge in [0, 0.05) is 0 Å². The average Bonchev–Trinajstić information content (AvgIpc) is 2.81. The van der Waals surface area contributed by atoms with Crippen LogP contribution in [0.5, 0.6) is 0 Å². The second-order valence-corrected chi connectivity index (χ2v) is 6.59. The minimum absolute atomic E-state index is 0.0328. The van der Waals surface area contributed by atoms with E-state index in [1.165, 1.54) is 4.68 Å². The summed E-state index contributed by atoms with van der Waals surface area (Å²) in [6, 6.07) is 9.70. The molecule has 0 bridgehead atoms. The van der Waals surface area contributed by atoms with Gasteiger partial charge in [-0.2, -0.15) is 5.10 Å². The van der Waals surface area contributed by atoms with Crippen LogP contribution in [-0.2, 0) is 11.3 Å². The van der Waals surface area contributed by atoms with Crippen LogP contribution < -0.4 is 5.32 Å². The Balaban J connectivity index is 2.14. The Kier molecular flexibility index (Phi) is 5.90. The van der Waals surface area contributed by atoms with Crippen LogP contribution in [0.4, 0.5) is 5.69 Å². The van der Waals surface area contributed by atoms with Crippen LogP contribution in [0.2, 0.25) is 0 Å². The summed E-state index contributed by atoms with van der Waals surface area (Å²) in [6.07, 6.45) is 0.813. The van der Waals surface area contributed by atoms with E-state index >= 15 is 0 Å². The number of carbonyl (C=O) groups excluding carboxylic acids is 1. The first kappa shape index (κ1) is 18.6. The fourth-order valence-electron chi connectivity index (χ4n) is 2.92. The summed E-state index contributed by atoms with van der Waals surface area (Å²) in [5.74, 6) is 0.204. The number of nitro groups is 1. The van der Waals surface area contributed by atoms with Crippen molar-refractivity contribution in [3.8, 4) is 0 Å². The zero-order chi connectivity index (χ0) is 18.6. The zero-order valence-corrected chi connectivity index (χ0v) is 15.0. The Hall–Kier alpha value is -2.70. The van der Waals surface area contributed by atoms with Crippen LogP contribution >= 0.6 is 0 Å². The van der Waals surface area contributed by atoms with Crippen molar-refractivity contribution < 1.29 is 9.72 Å². The molecule has 1 aromatic heterocycles. The molecule has 2 rings (SSSR count). The highest BCUT2D eigenvalue weighted by molar-refractivity contribution is 5.76. The predicted octanol–water partition coefficient (Wildman–Crippen LogP) is 3.31. The van der Waals surface area contributed by atoms with Crippen molar-refractivity contribution in [2.45, 2.75) is 46.7 Å². The van der Waals surface area contributed by atoms with Gasteiger partial charge in [-0.3, -0.25) is 19.6 Å². The molecule has 25 heavy (non-hydrogen) atoms. The molecule has 1 heterocycles. The Bertz CT molecular complexity index is 753. The Morgan fingerprint density at radius 2 is 1.92 bits per heavy atom. The average molecular weight is 344 g/mol. The topological polar surface area (TPSA) is 90.1 Å². The molecule has 1 aromatic carbocycles. The molecule has 134 valence electrons. The Morgan fingerprint density at radius 1 is 1.28 bits per heavy atom. The summed E-state index contributed by atoms with van der Waals surface area (Å²) in [5, 5.41) is 18.2. The molecule has 0 saturated carbocycles. The van der Waals surface area contributed by atoms with Gasteiger partial charge in [-0.1, -0.05) is 44.2 Å². The SMILES string of the molecule is Cc1nn(CC(=O)N[C@@H](CC(C)C)c2ccccc2)c(C)c1[N+](=O)[O-]. The number of aryl methyl sites for hydroxylation is 1. The van der Waals surface area contributed by atoms with E-state index in [2.05, 4.69) is 24.3 Å². The van der Waals surface area contributed by atoms with E-state index in [9.17, 15) is 14.9 Å². The van der Waals surface area contributed by atoms with Gasteiger partial charge in [0.1, 0.15) is 17.9 Å². The maximum Gasteiger partial charge on any atom is 0.312 e. The third-order valence-corrected chi connectivity index (χ3v) is 4.06. The van der Waals surface area contributed by atoms with E-state index in [4.69, 9.17) is 0 Å². The third-order valence-electron chi connectivity index (χ3n) is 4.06. The molecule has 0 fully saturated rings. The van der Waals surface area contributed by atoms with Gasteiger partial charge in [0.15, 0.2) is 0 Å². The number of hydrogen-bond donors (Lipinski definition) is 1. The molecule has 7 heteroatoms. The second-order valence-electron chi connectivity index (χ2n) is 6.59. The lowest BCUT2D eigenvalue weighted by Gasteiger charge is -2.21. The van der Waals surface area contributed by atoms with Gasteiger partial charge in [-0.25, -0.2) is 0 Å². The van der Waals surface area contributed by atoms with Crippen molar-refractivity contribution in [2.75, 3.05) is 0 Å². The largest absolute Gasteiger partial charge is 0.348 e. The van der Waals surface area contributed by atoms with E-state index in [0.717, 1.165) is 12.0 Å². The molecule has 1 N–H and O–H groups in total. The fraction of sp³-hybridized carbons (Fsp3) is 0.444. The number of hydrogen-bond acceptors (Lipinski definition) is 4. The summed E-state index contributed by atoms with van der Waals surface area (Å²) >= 11 is 0. The lowest BCUT2D eigenvalue weighted by molar-refractivity contribution is -0.386. The van der Waals surface area contributed by atoms with E-state index in [1.807, 2.05) is 30.3 Å². The highest BCUT2D eigenvalue weighted by Crippen LogP contribution is 2.23. The van der Waals surface area contributed by atoms with E-state index in [-0.39, 0.29) is 24.2 Å². The van der Waals surface area contributed by atoms with Gasteiger partial charge in [0.2, 0.25) is 5.91 Å². The molecule has 0 spiro atoms. The molecule has 0 saturated heterocycles. The fourth-order valence-corrected chi connectivity index (χ4v) is 2.92. The molecule has 0 aliphatic carbocycles. The van der Waals surface area contributed by atoms with Crippen molar-refractivity contribution >= 4 is 11.6 Å². The lowest BCUT2D eigenvalue weighted by atomic mass is 9.97. The van der Waals surface area contributed by atoms with Crippen molar-refractivity contribution in [1.29, 1.82) is 0 Å². The molecule has 1 amide bonds. The van der Waals surface area contributed by atoms with Gasteiger partial charge < -0.3 is 5.32 Å². The first-order valence-corrected chi connectivity index (χ1v) is 8.32. The molecule has 0 aliphatic heterocycles.